The molecule has 0 spiro atoms. The Balaban J connectivity index is 2.06. The van der Waals surface area contributed by atoms with Crippen LogP contribution in [-0.2, 0) is 0 Å². The first-order valence-corrected chi connectivity index (χ1v) is 27.2. The summed E-state index contributed by atoms with van der Waals surface area (Å²) in [6.07, 6.45) is 0. The first kappa shape index (κ1) is 35.3. The van der Waals surface area contributed by atoms with Crippen molar-refractivity contribution >= 4 is 87.2 Å². The Morgan fingerprint density at radius 3 is 0.814 bits per heavy atom. The van der Waals surface area contributed by atoms with Gasteiger partial charge in [-0.05, 0) is 45.9 Å². The average Bonchev–Trinajstić information content (AvgIpc) is 3.19. The Morgan fingerprint density at radius 2 is 0.651 bits per heavy atom. The molecule has 0 unspecified atom stereocenters. The highest BCUT2D eigenvalue weighted by Gasteiger charge is 2.82. The van der Waals surface area contributed by atoms with Crippen molar-refractivity contribution < 1.29 is 0 Å². The molecule has 2 aromatic carbocycles. The maximum Gasteiger partial charge on any atom is 0.383 e. The van der Waals surface area contributed by atoms with Crippen molar-refractivity contribution in [3.8, 4) is 0 Å². The summed E-state index contributed by atoms with van der Waals surface area (Å²) in [6, 6.07) is 17.2. The Hall–Kier alpha value is -0.549. The minimum atomic E-state index is -3.68. The number of fused-ring (bicyclic) bond motifs is 2. The highest BCUT2D eigenvalue weighted by atomic mass is 35.7. The molecule has 2 aromatic rings. The van der Waals surface area contributed by atoms with Gasteiger partial charge in [-0.1, -0.05) is 107 Å². The van der Waals surface area contributed by atoms with Gasteiger partial charge in [0.15, 0.2) is 0 Å². The van der Waals surface area contributed by atoms with E-state index in [4.69, 9.17) is 44.3 Å². The molecule has 0 saturated carbocycles. The van der Waals surface area contributed by atoms with E-state index in [2.05, 4.69) is 150 Å². The number of nitrogens with zero attached hydrogens (tertiary/aromatic N) is 4. The van der Waals surface area contributed by atoms with E-state index in [1.165, 1.54) is 0 Å². The van der Waals surface area contributed by atoms with Crippen LogP contribution in [0.15, 0.2) is 48.5 Å². The van der Waals surface area contributed by atoms with Gasteiger partial charge in [-0.2, -0.15) is 0 Å². The Bertz CT molecular complexity index is 1140. The molecule has 0 amide bonds. The summed E-state index contributed by atoms with van der Waals surface area (Å²) in [5.41, 5.74) is 0.612. The lowest BCUT2D eigenvalue weighted by molar-refractivity contribution is 0.424. The van der Waals surface area contributed by atoms with Gasteiger partial charge in [0.2, 0.25) is 0 Å². The molecule has 240 valence electrons. The van der Waals surface area contributed by atoms with Gasteiger partial charge in [0.25, 0.3) is 0 Å². The fraction of sp³-hybridized carbons (Fsp3) is 0.625. The monoisotopic (exact) mass is 716 g/mol. The zero-order valence-electron chi connectivity index (χ0n) is 28.2. The molecule has 11 heteroatoms. The van der Waals surface area contributed by atoms with Crippen LogP contribution >= 0.6 is 44.3 Å². The minimum absolute atomic E-state index is 0.0495. The highest BCUT2D eigenvalue weighted by molar-refractivity contribution is 8.07. The average molecular weight is 719 g/mol. The predicted molar refractivity (Wildman–Crippen MR) is 201 cm³/mol. The van der Waals surface area contributed by atoms with Crippen LogP contribution in [0.3, 0.4) is 0 Å². The van der Waals surface area contributed by atoms with Gasteiger partial charge < -0.3 is 18.3 Å². The van der Waals surface area contributed by atoms with Crippen LogP contribution < -0.4 is 18.3 Å². The van der Waals surface area contributed by atoms with Gasteiger partial charge in [0.05, 0.1) is 22.7 Å². The van der Waals surface area contributed by atoms with Crippen molar-refractivity contribution in [1.82, 2.24) is 0 Å². The molecule has 0 saturated heterocycles. The Morgan fingerprint density at radius 1 is 0.465 bits per heavy atom. The van der Waals surface area contributed by atoms with Crippen LogP contribution in [0, 0.1) is 21.7 Å². The molecule has 0 aromatic heterocycles. The van der Waals surface area contributed by atoms with Crippen molar-refractivity contribution in [2.45, 2.75) is 83.1 Å². The van der Waals surface area contributed by atoms with Crippen LogP contribution in [0.4, 0.5) is 22.7 Å². The molecule has 2 heterocycles. The van der Waals surface area contributed by atoms with Gasteiger partial charge in [-0.3, -0.25) is 0 Å². The Labute approximate surface area is 283 Å². The molecule has 0 atom stereocenters. The first-order chi connectivity index (χ1) is 19.3. The second-order valence-corrected chi connectivity index (χ2v) is 46.0. The van der Waals surface area contributed by atoms with Crippen LogP contribution in [0.1, 0.15) is 83.1 Å². The summed E-state index contributed by atoms with van der Waals surface area (Å²) < 4.78 is 9.75. The molecule has 2 aliphatic rings. The van der Waals surface area contributed by atoms with E-state index >= 15 is 0 Å². The molecule has 4 rings (SSSR count). The lowest BCUT2D eigenvalue weighted by atomic mass is 9.96. The van der Waals surface area contributed by atoms with E-state index in [9.17, 15) is 0 Å². The first-order valence-electron chi connectivity index (χ1n) is 15.4. The van der Waals surface area contributed by atoms with E-state index in [0.29, 0.717) is 0 Å². The van der Waals surface area contributed by atoms with Crippen molar-refractivity contribution in [1.29, 1.82) is 0 Å². The number of anilines is 4. The SMILES string of the molecule is CC(C)(C)CN1c2ccccc2N(CC(C)(C)C)[Si]1(Cl)[Si](Cl)(Cl)[Si]1(Cl)N(CC(C)(C)C)c2ccccc2N1CC(C)(C)C. The molecule has 43 heavy (non-hydrogen) atoms. The molecule has 2 aliphatic heterocycles. The van der Waals surface area contributed by atoms with Gasteiger partial charge in [0.1, 0.15) is 0 Å². The van der Waals surface area contributed by atoms with Crippen LogP contribution in [0.2, 0.25) is 0 Å². The summed E-state index contributed by atoms with van der Waals surface area (Å²) in [7, 11) is -6.91. The molecular weight excluding hydrogens is 666 g/mol. The summed E-state index contributed by atoms with van der Waals surface area (Å²) in [6.45, 7) is 30.1. The fourth-order valence-electron chi connectivity index (χ4n) is 6.31. The molecule has 0 N–H and O–H groups in total. The van der Waals surface area contributed by atoms with Crippen molar-refractivity contribution in [3.05, 3.63) is 48.5 Å². The van der Waals surface area contributed by atoms with E-state index in [1.807, 2.05) is 0 Å². The Kier molecular flexibility index (Phi) is 9.28. The standard InChI is InChI=1S/C32H52Cl4N4Si3/c1-29(2,3)21-37-25-17-13-14-18-26(25)38(22-30(4,5)6)42(37,35)41(33,34)43(36)39(23-31(7,8)9)27-19-15-16-20-28(27)40(43)24-32(10,11)12/h13-20H,21-24H2,1-12H3. The number of hydrogen-bond donors (Lipinski definition) is 0. The van der Waals surface area contributed by atoms with Crippen molar-refractivity contribution in [3.63, 3.8) is 0 Å². The number of halogens is 4. The summed E-state index contributed by atoms with van der Waals surface area (Å²) >= 11 is 33.5. The maximum atomic E-state index is 8.44. The molecule has 0 bridgehead atoms. The lowest BCUT2D eigenvalue weighted by Gasteiger charge is -2.54. The fourth-order valence-corrected chi connectivity index (χ4v) is 47.2. The van der Waals surface area contributed by atoms with Gasteiger partial charge in [-0.15, -0.1) is 44.3 Å². The van der Waals surface area contributed by atoms with Crippen LogP contribution in [-0.4, -0.2) is 46.4 Å². The predicted octanol–water partition coefficient (Wildman–Crippen LogP) is 10.3. The lowest BCUT2D eigenvalue weighted by Crippen LogP contribution is -2.87. The minimum Gasteiger partial charge on any atom is -0.368 e. The van der Waals surface area contributed by atoms with Gasteiger partial charge in [0, 0.05) is 26.2 Å². The largest absolute Gasteiger partial charge is 0.383 e. The normalized spacial score (nSPS) is 18.8. The quantitative estimate of drug-likeness (QED) is 0.218. The molecular formula is C32H52Cl4N4Si3. The summed E-state index contributed by atoms with van der Waals surface area (Å²) in [4.78, 5) is 0. The van der Waals surface area contributed by atoms with E-state index in [1.54, 1.807) is 0 Å². The molecule has 4 nitrogen and oxygen atoms in total. The second kappa shape index (κ2) is 11.3. The third-order valence-electron chi connectivity index (χ3n) is 7.69. The molecule has 0 fully saturated rings. The van der Waals surface area contributed by atoms with Crippen molar-refractivity contribution in [2.75, 3.05) is 44.4 Å². The van der Waals surface area contributed by atoms with Crippen molar-refractivity contribution in [2.24, 2.45) is 21.7 Å². The summed E-state index contributed by atoms with van der Waals surface area (Å²) in [5.74, 6) is 0. The zero-order chi connectivity index (χ0) is 32.6. The topological polar surface area (TPSA) is 13.0 Å². The van der Waals surface area contributed by atoms with E-state index in [0.717, 1.165) is 48.9 Å². The number of para-hydroxylation sites is 4. The number of benzene rings is 2. The van der Waals surface area contributed by atoms with Gasteiger partial charge in [-0.25, -0.2) is 0 Å². The van der Waals surface area contributed by atoms with E-state index < -0.39 is 20.2 Å². The smallest absolute Gasteiger partial charge is 0.368 e. The van der Waals surface area contributed by atoms with E-state index in [-0.39, 0.29) is 21.7 Å². The number of hydrogen-bond acceptors (Lipinski definition) is 4. The number of rotatable bonds is 6. The highest BCUT2D eigenvalue weighted by Crippen LogP contribution is 2.59. The zero-order valence-corrected chi connectivity index (χ0v) is 34.3. The second-order valence-electron chi connectivity index (χ2n) is 17.3. The molecule has 0 radical (unpaired) electrons. The van der Waals surface area contributed by atoms with Crippen LogP contribution in [0.5, 0.6) is 0 Å². The van der Waals surface area contributed by atoms with Crippen LogP contribution in [0.25, 0.3) is 0 Å². The summed E-state index contributed by atoms with van der Waals surface area (Å²) in [5, 5.41) is 0. The molecule has 0 aliphatic carbocycles. The maximum absolute atomic E-state index is 8.44. The third kappa shape index (κ3) is 6.52. The third-order valence-corrected chi connectivity index (χ3v) is 51.4. The van der Waals surface area contributed by atoms with Gasteiger partial charge >= 0.3 is 20.2 Å².